The molecule has 0 radical (unpaired) electrons. The molecule has 0 spiro atoms. The smallest absolute Gasteiger partial charge is 0.343 e. The number of rotatable bonds is 10. The maximum absolute atomic E-state index is 12.2. The molecule has 7 nitrogen and oxygen atoms in total. The number of hydrogen-bond donors (Lipinski definition) is 1. The second-order valence-electron chi connectivity index (χ2n) is 7.79. The molecular formula is C29H23ClN2O5. The van der Waals surface area contributed by atoms with Crippen LogP contribution in [-0.4, -0.2) is 24.7 Å². The Balaban J connectivity index is 1.17. The number of ether oxygens (including phenoxy) is 3. The topological polar surface area (TPSA) is 86.2 Å². The summed E-state index contributed by atoms with van der Waals surface area (Å²) < 4.78 is 16.6. The van der Waals surface area contributed by atoms with Gasteiger partial charge in [-0.25, -0.2) is 10.2 Å². The summed E-state index contributed by atoms with van der Waals surface area (Å²) in [6.45, 7) is 0.278. The maximum Gasteiger partial charge on any atom is 0.343 e. The number of hydrogen-bond acceptors (Lipinski definition) is 6. The van der Waals surface area contributed by atoms with Crippen LogP contribution in [0.25, 0.3) is 0 Å². The molecular weight excluding hydrogens is 492 g/mol. The number of carbonyl (C=O) groups excluding carboxylic acids is 2. The number of hydrazone groups is 1. The van der Waals surface area contributed by atoms with E-state index in [4.69, 9.17) is 25.8 Å². The number of nitrogens with zero attached hydrogens (tertiary/aromatic N) is 1. The van der Waals surface area contributed by atoms with Gasteiger partial charge in [0.05, 0.1) is 11.8 Å². The highest BCUT2D eigenvalue weighted by molar-refractivity contribution is 6.30. The first-order valence-corrected chi connectivity index (χ1v) is 11.7. The summed E-state index contributed by atoms with van der Waals surface area (Å²) in [6, 6.07) is 30.0. The van der Waals surface area contributed by atoms with E-state index in [1.165, 1.54) is 6.21 Å². The van der Waals surface area contributed by atoms with Crippen LogP contribution < -0.4 is 19.6 Å². The van der Waals surface area contributed by atoms with E-state index in [1.54, 1.807) is 72.8 Å². The number of halogens is 1. The lowest BCUT2D eigenvalue weighted by atomic mass is 10.2. The molecule has 0 fully saturated rings. The van der Waals surface area contributed by atoms with Gasteiger partial charge in [0.15, 0.2) is 6.61 Å². The van der Waals surface area contributed by atoms with Crippen molar-refractivity contribution >= 4 is 29.7 Å². The molecule has 0 aliphatic carbocycles. The summed E-state index contributed by atoms with van der Waals surface area (Å²) >= 11 is 5.83. The van der Waals surface area contributed by atoms with Gasteiger partial charge in [0.1, 0.15) is 23.9 Å². The number of amides is 1. The summed E-state index contributed by atoms with van der Waals surface area (Å²) in [5.41, 5.74) is 4.59. The standard InChI is InChI=1S/C29H23ClN2O5/c30-24-10-8-23(9-11-24)29(34)37-27-12-6-21(7-13-27)18-31-32-28(33)20-36-26-16-14-25(15-17-26)35-19-22-4-2-1-3-5-22/h1-18H,19-20H2,(H,32,33)/b31-18+. The third-order valence-corrected chi connectivity index (χ3v) is 5.27. The van der Waals surface area contributed by atoms with Crippen LogP contribution in [0, 0.1) is 0 Å². The first-order chi connectivity index (χ1) is 18.0. The zero-order chi connectivity index (χ0) is 25.9. The van der Waals surface area contributed by atoms with Crippen molar-refractivity contribution in [2.24, 2.45) is 5.10 Å². The summed E-state index contributed by atoms with van der Waals surface area (Å²) in [7, 11) is 0. The minimum absolute atomic E-state index is 0.193. The summed E-state index contributed by atoms with van der Waals surface area (Å²) in [5.74, 6) is 0.728. The SMILES string of the molecule is O=C(COc1ccc(OCc2ccccc2)cc1)N/N=C/c1ccc(OC(=O)c2ccc(Cl)cc2)cc1. The predicted molar refractivity (Wildman–Crippen MR) is 141 cm³/mol. The minimum atomic E-state index is -0.486. The molecule has 0 saturated heterocycles. The van der Waals surface area contributed by atoms with Crippen LogP contribution in [-0.2, 0) is 11.4 Å². The number of esters is 1. The molecule has 0 atom stereocenters. The quantitative estimate of drug-likeness (QED) is 0.128. The molecule has 4 aromatic carbocycles. The van der Waals surface area contributed by atoms with Gasteiger partial charge >= 0.3 is 5.97 Å². The van der Waals surface area contributed by atoms with Gasteiger partial charge in [0, 0.05) is 5.02 Å². The Hall–Kier alpha value is -4.62. The van der Waals surface area contributed by atoms with Crippen molar-refractivity contribution in [1.29, 1.82) is 0 Å². The van der Waals surface area contributed by atoms with E-state index in [0.29, 0.717) is 40.0 Å². The molecule has 4 rings (SSSR count). The van der Waals surface area contributed by atoms with Crippen LogP contribution in [0.4, 0.5) is 0 Å². The van der Waals surface area contributed by atoms with Crippen LogP contribution in [0.3, 0.4) is 0 Å². The fourth-order valence-corrected chi connectivity index (χ4v) is 3.23. The molecule has 0 aromatic heterocycles. The van der Waals surface area contributed by atoms with Gasteiger partial charge in [0.2, 0.25) is 0 Å². The van der Waals surface area contributed by atoms with Crippen molar-refractivity contribution in [2.45, 2.75) is 6.61 Å². The molecule has 1 N–H and O–H groups in total. The molecule has 0 heterocycles. The predicted octanol–water partition coefficient (Wildman–Crippen LogP) is 5.67. The fraction of sp³-hybridized carbons (Fsp3) is 0.0690. The summed E-state index contributed by atoms with van der Waals surface area (Å²) in [5, 5.41) is 4.46. The Morgan fingerprint density at radius 3 is 2.05 bits per heavy atom. The fourth-order valence-electron chi connectivity index (χ4n) is 3.11. The van der Waals surface area contributed by atoms with E-state index in [2.05, 4.69) is 10.5 Å². The summed E-state index contributed by atoms with van der Waals surface area (Å²) in [6.07, 6.45) is 1.47. The van der Waals surface area contributed by atoms with Gasteiger partial charge in [-0.2, -0.15) is 5.10 Å². The maximum atomic E-state index is 12.2. The minimum Gasteiger partial charge on any atom is -0.489 e. The lowest BCUT2D eigenvalue weighted by Gasteiger charge is -2.08. The van der Waals surface area contributed by atoms with Crippen LogP contribution in [0.15, 0.2) is 108 Å². The van der Waals surface area contributed by atoms with Crippen LogP contribution in [0.5, 0.6) is 17.2 Å². The lowest BCUT2D eigenvalue weighted by Crippen LogP contribution is -2.24. The zero-order valence-electron chi connectivity index (χ0n) is 19.7. The lowest BCUT2D eigenvalue weighted by molar-refractivity contribution is -0.123. The Morgan fingerprint density at radius 1 is 0.757 bits per heavy atom. The van der Waals surface area contributed by atoms with E-state index in [-0.39, 0.29) is 6.61 Å². The van der Waals surface area contributed by atoms with Gasteiger partial charge < -0.3 is 14.2 Å². The number of carbonyl (C=O) groups is 2. The monoisotopic (exact) mass is 514 g/mol. The van der Waals surface area contributed by atoms with E-state index in [1.807, 2.05) is 30.3 Å². The third-order valence-electron chi connectivity index (χ3n) is 5.02. The molecule has 1 amide bonds. The molecule has 8 heteroatoms. The Labute approximate surface area is 219 Å². The molecule has 0 bridgehead atoms. The van der Waals surface area contributed by atoms with E-state index in [9.17, 15) is 9.59 Å². The average molecular weight is 515 g/mol. The molecule has 37 heavy (non-hydrogen) atoms. The van der Waals surface area contributed by atoms with Crippen molar-refractivity contribution in [3.63, 3.8) is 0 Å². The Bertz CT molecular complexity index is 1340. The first-order valence-electron chi connectivity index (χ1n) is 11.3. The van der Waals surface area contributed by atoms with E-state index >= 15 is 0 Å². The second-order valence-corrected chi connectivity index (χ2v) is 8.23. The van der Waals surface area contributed by atoms with Crippen LogP contribution in [0.1, 0.15) is 21.5 Å². The van der Waals surface area contributed by atoms with Crippen molar-refractivity contribution in [2.75, 3.05) is 6.61 Å². The first kappa shape index (κ1) is 25.5. The Kier molecular flexibility index (Phi) is 8.88. The van der Waals surface area contributed by atoms with E-state index < -0.39 is 11.9 Å². The van der Waals surface area contributed by atoms with E-state index in [0.717, 1.165) is 5.56 Å². The van der Waals surface area contributed by atoms with Crippen molar-refractivity contribution < 1.29 is 23.8 Å². The average Bonchev–Trinajstić information content (AvgIpc) is 2.93. The van der Waals surface area contributed by atoms with Crippen molar-refractivity contribution in [3.8, 4) is 17.2 Å². The van der Waals surface area contributed by atoms with Gasteiger partial charge in [0.25, 0.3) is 5.91 Å². The van der Waals surface area contributed by atoms with Crippen molar-refractivity contribution in [3.05, 3.63) is 125 Å². The molecule has 0 aliphatic rings. The molecule has 0 unspecified atom stereocenters. The van der Waals surface area contributed by atoms with Gasteiger partial charge in [-0.3, -0.25) is 4.79 Å². The van der Waals surface area contributed by atoms with Gasteiger partial charge in [-0.05, 0) is 83.9 Å². The second kappa shape index (κ2) is 12.9. The highest BCUT2D eigenvalue weighted by Crippen LogP contribution is 2.19. The highest BCUT2D eigenvalue weighted by Gasteiger charge is 2.08. The zero-order valence-corrected chi connectivity index (χ0v) is 20.4. The highest BCUT2D eigenvalue weighted by atomic mass is 35.5. The Morgan fingerprint density at radius 2 is 1.38 bits per heavy atom. The van der Waals surface area contributed by atoms with Crippen molar-refractivity contribution in [1.82, 2.24) is 5.43 Å². The largest absolute Gasteiger partial charge is 0.489 e. The third kappa shape index (κ3) is 8.23. The molecule has 4 aromatic rings. The van der Waals surface area contributed by atoms with Crippen LogP contribution in [0.2, 0.25) is 5.02 Å². The normalized spacial score (nSPS) is 10.6. The van der Waals surface area contributed by atoms with Crippen LogP contribution >= 0.6 is 11.6 Å². The molecule has 0 aliphatic heterocycles. The summed E-state index contributed by atoms with van der Waals surface area (Å²) in [4.78, 5) is 24.2. The number of benzene rings is 4. The van der Waals surface area contributed by atoms with Gasteiger partial charge in [-0.15, -0.1) is 0 Å². The molecule has 186 valence electrons. The number of nitrogens with one attached hydrogen (secondary N) is 1. The molecule has 0 saturated carbocycles. The van der Waals surface area contributed by atoms with Gasteiger partial charge in [-0.1, -0.05) is 41.9 Å².